The second kappa shape index (κ2) is 8.97. The van der Waals surface area contributed by atoms with E-state index in [1.165, 1.54) is 14.0 Å². The number of amides is 1. The van der Waals surface area contributed by atoms with Crippen LogP contribution in [0.15, 0.2) is 24.3 Å². The summed E-state index contributed by atoms with van der Waals surface area (Å²) >= 11 is 0. The van der Waals surface area contributed by atoms with Crippen LogP contribution in [0, 0.1) is 0 Å². The van der Waals surface area contributed by atoms with Gasteiger partial charge in [-0.1, -0.05) is 18.2 Å². The van der Waals surface area contributed by atoms with Crippen molar-refractivity contribution in [3.05, 3.63) is 29.8 Å². The Morgan fingerprint density at radius 2 is 1.95 bits per heavy atom. The van der Waals surface area contributed by atoms with Crippen LogP contribution in [0.2, 0.25) is 0 Å². The molecule has 0 unspecified atom stereocenters. The van der Waals surface area contributed by atoms with Gasteiger partial charge in [-0.3, -0.25) is 9.59 Å². The molecule has 1 N–H and O–H groups in total. The van der Waals surface area contributed by atoms with Gasteiger partial charge in [0.05, 0.1) is 20.1 Å². The summed E-state index contributed by atoms with van der Waals surface area (Å²) in [4.78, 5) is 23.5. The molecular formula is C15H21NO5. The number of para-hydroxylation sites is 1. The number of benzene rings is 1. The Kier molecular flexibility index (Phi) is 7.25. The molecular weight excluding hydrogens is 274 g/mol. The lowest BCUT2D eigenvalue weighted by Crippen LogP contribution is -2.37. The average molecular weight is 295 g/mol. The molecule has 0 bridgehead atoms. The first kappa shape index (κ1) is 17.0. The second-order valence-corrected chi connectivity index (χ2v) is 4.40. The monoisotopic (exact) mass is 295 g/mol. The Labute approximate surface area is 124 Å². The average Bonchev–Trinajstić information content (AvgIpc) is 2.47. The van der Waals surface area contributed by atoms with Crippen molar-refractivity contribution < 1.29 is 23.8 Å². The molecule has 0 aliphatic heterocycles. The summed E-state index contributed by atoms with van der Waals surface area (Å²) in [7, 11) is 3.08. The summed E-state index contributed by atoms with van der Waals surface area (Å²) in [6.07, 6.45) is -0.788. The number of carbonyl (C=O) groups is 2. The molecule has 0 saturated heterocycles. The number of nitrogens with one attached hydrogen (secondary N) is 1. The third kappa shape index (κ3) is 5.83. The maximum absolute atomic E-state index is 11.8. The Balaban J connectivity index is 2.47. The predicted octanol–water partition coefficient (Wildman–Crippen LogP) is 0.932. The van der Waals surface area contributed by atoms with E-state index in [-0.39, 0.29) is 12.3 Å². The van der Waals surface area contributed by atoms with Crippen molar-refractivity contribution in [3.63, 3.8) is 0 Å². The minimum absolute atomic E-state index is 0.0553. The fourth-order valence-corrected chi connectivity index (χ4v) is 1.72. The molecule has 0 radical (unpaired) electrons. The molecule has 0 heterocycles. The fraction of sp³-hybridized carbons (Fsp3) is 0.467. The normalized spacial score (nSPS) is 11.6. The van der Waals surface area contributed by atoms with Crippen LogP contribution in [0.25, 0.3) is 0 Å². The van der Waals surface area contributed by atoms with E-state index in [0.717, 1.165) is 5.56 Å². The lowest BCUT2D eigenvalue weighted by Gasteiger charge is -2.14. The van der Waals surface area contributed by atoms with Gasteiger partial charge in [0.25, 0.3) is 5.91 Å². The summed E-state index contributed by atoms with van der Waals surface area (Å²) < 4.78 is 15.1. The predicted molar refractivity (Wildman–Crippen MR) is 77.1 cm³/mol. The van der Waals surface area contributed by atoms with E-state index in [1.54, 1.807) is 19.2 Å². The van der Waals surface area contributed by atoms with Crippen LogP contribution in [0.3, 0.4) is 0 Å². The van der Waals surface area contributed by atoms with Crippen LogP contribution in [0.5, 0.6) is 5.75 Å². The molecule has 1 aromatic rings. The third-order valence-corrected chi connectivity index (χ3v) is 2.81. The van der Waals surface area contributed by atoms with Crippen LogP contribution < -0.4 is 10.1 Å². The first-order valence-corrected chi connectivity index (χ1v) is 6.66. The molecule has 6 nitrogen and oxygen atoms in total. The molecule has 116 valence electrons. The number of methoxy groups -OCH3 is 2. The highest BCUT2D eigenvalue weighted by atomic mass is 16.5. The van der Waals surface area contributed by atoms with Gasteiger partial charge in [0, 0.05) is 19.2 Å². The van der Waals surface area contributed by atoms with E-state index in [0.29, 0.717) is 18.9 Å². The van der Waals surface area contributed by atoms with E-state index < -0.39 is 12.1 Å². The Hall–Kier alpha value is -2.08. The van der Waals surface area contributed by atoms with Crippen molar-refractivity contribution in [3.8, 4) is 5.75 Å². The molecule has 0 aliphatic carbocycles. The Bertz CT molecular complexity index is 475. The number of hydrogen-bond donors (Lipinski definition) is 1. The first-order valence-electron chi connectivity index (χ1n) is 6.66. The summed E-state index contributed by atoms with van der Waals surface area (Å²) in [5.74, 6) is -0.207. The van der Waals surface area contributed by atoms with Crippen molar-refractivity contribution in [1.29, 1.82) is 0 Å². The van der Waals surface area contributed by atoms with Gasteiger partial charge in [-0.15, -0.1) is 0 Å². The van der Waals surface area contributed by atoms with Gasteiger partial charge in [-0.2, -0.15) is 0 Å². The highest BCUT2D eigenvalue weighted by molar-refractivity contribution is 5.84. The van der Waals surface area contributed by atoms with Gasteiger partial charge >= 0.3 is 5.97 Å². The minimum atomic E-state index is -0.843. The van der Waals surface area contributed by atoms with Gasteiger partial charge in [-0.05, 0) is 13.0 Å². The molecule has 0 saturated carbocycles. The highest BCUT2D eigenvalue weighted by Gasteiger charge is 2.18. The molecule has 21 heavy (non-hydrogen) atoms. The van der Waals surface area contributed by atoms with Crippen LogP contribution in [0.1, 0.15) is 12.5 Å². The van der Waals surface area contributed by atoms with E-state index in [9.17, 15) is 9.59 Å². The second-order valence-electron chi connectivity index (χ2n) is 4.40. The molecule has 0 spiro atoms. The summed E-state index contributed by atoms with van der Waals surface area (Å²) in [5, 5.41) is 2.61. The van der Waals surface area contributed by atoms with Crippen molar-refractivity contribution in [1.82, 2.24) is 5.32 Å². The van der Waals surface area contributed by atoms with Crippen molar-refractivity contribution in [2.75, 3.05) is 27.4 Å². The fourth-order valence-electron chi connectivity index (χ4n) is 1.72. The lowest BCUT2D eigenvalue weighted by atomic mass is 10.1. The van der Waals surface area contributed by atoms with Crippen LogP contribution in [-0.2, 0) is 25.5 Å². The van der Waals surface area contributed by atoms with Crippen LogP contribution >= 0.6 is 0 Å². The molecule has 1 aromatic carbocycles. The van der Waals surface area contributed by atoms with Crippen molar-refractivity contribution in [2.24, 2.45) is 0 Å². The van der Waals surface area contributed by atoms with E-state index in [1.807, 2.05) is 12.1 Å². The van der Waals surface area contributed by atoms with Gasteiger partial charge in [0.15, 0.2) is 6.10 Å². The number of ether oxygens (including phenoxy) is 3. The number of carbonyl (C=O) groups excluding carboxylic acids is 2. The van der Waals surface area contributed by atoms with Gasteiger partial charge in [0.1, 0.15) is 5.75 Å². The lowest BCUT2D eigenvalue weighted by molar-refractivity contribution is -0.154. The summed E-state index contributed by atoms with van der Waals surface area (Å²) in [6, 6.07) is 7.18. The molecule has 1 rings (SSSR count). The molecule has 0 aromatic heterocycles. The highest BCUT2D eigenvalue weighted by Crippen LogP contribution is 2.18. The molecule has 1 amide bonds. The van der Waals surface area contributed by atoms with Crippen molar-refractivity contribution >= 4 is 11.9 Å². The number of rotatable bonds is 8. The van der Waals surface area contributed by atoms with Gasteiger partial charge < -0.3 is 19.5 Å². The molecule has 0 fully saturated rings. The zero-order chi connectivity index (χ0) is 15.7. The molecule has 0 aliphatic rings. The topological polar surface area (TPSA) is 73.9 Å². The van der Waals surface area contributed by atoms with E-state index in [2.05, 4.69) is 5.32 Å². The molecule has 6 heteroatoms. The summed E-state index contributed by atoms with van der Waals surface area (Å²) in [6.45, 7) is 2.32. The number of hydrogen-bond acceptors (Lipinski definition) is 5. The van der Waals surface area contributed by atoms with E-state index >= 15 is 0 Å². The van der Waals surface area contributed by atoms with Crippen LogP contribution in [0.4, 0.5) is 0 Å². The zero-order valence-corrected chi connectivity index (χ0v) is 12.5. The standard InChI is InChI=1S/C15H21NO5/c1-11(15(18)16-8-9-19-2)21-14(17)10-12-6-4-5-7-13(12)20-3/h4-7,11H,8-10H2,1-3H3,(H,16,18)/t11-/m1/s1. The molecule has 1 atom stereocenters. The third-order valence-electron chi connectivity index (χ3n) is 2.81. The van der Waals surface area contributed by atoms with Gasteiger partial charge in [0.2, 0.25) is 0 Å². The quantitative estimate of drug-likeness (QED) is 0.570. The summed E-state index contributed by atoms with van der Waals surface area (Å²) in [5.41, 5.74) is 0.719. The zero-order valence-electron chi connectivity index (χ0n) is 12.5. The minimum Gasteiger partial charge on any atom is -0.496 e. The Morgan fingerprint density at radius 1 is 1.24 bits per heavy atom. The maximum atomic E-state index is 11.8. The Morgan fingerprint density at radius 3 is 2.62 bits per heavy atom. The first-order chi connectivity index (χ1) is 10.1. The van der Waals surface area contributed by atoms with Crippen LogP contribution in [-0.4, -0.2) is 45.4 Å². The number of esters is 1. The maximum Gasteiger partial charge on any atom is 0.311 e. The largest absolute Gasteiger partial charge is 0.496 e. The SMILES string of the molecule is COCCNC(=O)[C@@H](C)OC(=O)Cc1ccccc1OC. The van der Waals surface area contributed by atoms with Gasteiger partial charge in [-0.25, -0.2) is 0 Å². The van der Waals surface area contributed by atoms with Crippen molar-refractivity contribution in [2.45, 2.75) is 19.4 Å². The smallest absolute Gasteiger partial charge is 0.311 e. The van der Waals surface area contributed by atoms with E-state index in [4.69, 9.17) is 14.2 Å².